The first-order chi connectivity index (χ1) is 18.5. The molecule has 0 spiro atoms. The van der Waals surface area contributed by atoms with Crippen molar-refractivity contribution in [3.05, 3.63) is 89.0 Å². The molecule has 0 bridgehead atoms. The zero-order valence-corrected chi connectivity index (χ0v) is 20.1. The molecule has 3 nitrogen and oxygen atoms in total. The van der Waals surface area contributed by atoms with Gasteiger partial charge in [0.15, 0.2) is 11.6 Å². The molecule has 216 valence electrons. The van der Waals surface area contributed by atoms with Gasteiger partial charge in [0.05, 0.1) is 23.7 Å². The Hall–Kier alpha value is -3.71. The van der Waals surface area contributed by atoms with Gasteiger partial charge in [-0.3, -0.25) is 0 Å². The molecule has 40 heavy (non-hydrogen) atoms. The maximum atomic E-state index is 15.2. The Kier molecular flexibility index (Phi) is 7.83. The molecule has 4 rings (SSSR count). The summed E-state index contributed by atoms with van der Waals surface area (Å²) >= 11 is 0. The third-order valence-corrected chi connectivity index (χ3v) is 6.19. The van der Waals surface area contributed by atoms with Crippen molar-refractivity contribution >= 4 is 11.4 Å². The molecule has 0 fully saturated rings. The average molecular weight is 584 g/mol. The maximum absolute atomic E-state index is 15.2. The van der Waals surface area contributed by atoms with E-state index in [0.29, 0.717) is 6.07 Å². The highest BCUT2D eigenvalue weighted by atomic mass is 19.4. The number of hydrogen-bond donors (Lipinski definition) is 0. The average Bonchev–Trinajstić information content (AvgIpc) is 2.83. The molecule has 1 unspecified atom stereocenters. The highest BCUT2D eigenvalue weighted by Gasteiger charge is 2.39. The standard InChI is InChI=1S/C26H19F11N2O/c27-19-7-8-20-23(22(19)28)39(10-9-24(29,30)31)21(16-4-2-5-17(12-16)25(32,33)34)14-38(20)13-15-3-1-6-18(11-15)40-26(35,36)37/h1-8,11-12,21H,9-10,13-14H2. The van der Waals surface area contributed by atoms with E-state index in [1.807, 2.05) is 0 Å². The number of nitrogens with zero attached hydrogens (tertiary/aromatic N) is 2. The van der Waals surface area contributed by atoms with Crippen LogP contribution >= 0.6 is 0 Å². The summed E-state index contributed by atoms with van der Waals surface area (Å²) in [6.45, 7) is -1.46. The Morgan fingerprint density at radius 1 is 0.825 bits per heavy atom. The van der Waals surface area contributed by atoms with Crippen molar-refractivity contribution in [2.45, 2.75) is 37.7 Å². The molecule has 0 aliphatic carbocycles. The third-order valence-electron chi connectivity index (χ3n) is 6.19. The van der Waals surface area contributed by atoms with Gasteiger partial charge in [0.1, 0.15) is 11.4 Å². The minimum Gasteiger partial charge on any atom is -0.406 e. The van der Waals surface area contributed by atoms with Gasteiger partial charge >= 0.3 is 18.7 Å². The van der Waals surface area contributed by atoms with Gasteiger partial charge in [0, 0.05) is 19.6 Å². The normalized spacial score (nSPS) is 16.2. The summed E-state index contributed by atoms with van der Waals surface area (Å²) < 4.78 is 151. The monoisotopic (exact) mass is 584 g/mol. The van der Waals surface area contributed by atoms with Crippen LogP contribution in [-0.4, -0.2) is 25.6 Å². The molecule has 1 aliphatic rings. The van der Waals surface area contributed by atoms with E-state index in [1.54, 1.807) is 0 Å². The number of ether oxygens (including phenoxy) is 1. The van der Waals surface area contributed by atoms with Gasteiger partial charge < -0.3 is 14.5 Å². The molecule has 3 aromatic rings. The van der Waals surface area contributed by atoms with Crippen LogP contribution in [0, 0.1) is 11.6 Å². The zero-order valence-electron chi connectivity index (χ0n) is 20.1. The molecule has 0 N–H and O–H groups in total. The summed E-state index contributed by atoms with van der Waals surface area (Å²) in [5.41, 5.74) is -1.73. The summed E-state index contributed by atoms with van der Waals surface area (Å²) in [6.07, 6.45) is -16.0. The van der Waals surface area contributed by atoms with Gasteiger partial charge in [0.2, 0.25) is 0 Å². The van der Waals surface area contributed by atoms with Crippen LogP contribution in [0.15, 0.2) is 60.7 Å². The minimum atomic E-state index is -5.00. The Bertz CT molecular complexity index is 1350. The fourth-order valence-corrected chi connectivity index (χ4v) is 4.55. The topological polar surface area (TPSA) is 15.7 Å². The fourth-order valence-electron chi connectivity index (χ4n) is 4.55. The van der Waals surface area contributed by atoms with Crippen LogP contribution in [0.2, 0.25) is 0 Å². The Morgan fingerprint density at radius 3 is 2.17 bits per heavy atom. The van der Waals surface area contributed by atoms with Gasteiger partial charge in [-0.15, -0.1) is 13.2 Å². The van der Waals surface area contributed by atoms with E-state index in [2.05, 4.69) is 4.74 Å². The van der Waals surface area contributed by atoms with E-state index in [-0.39, 0.29) is 29.9 Å². The van der Waals surface area contributed by atoms with Crippen molar-refractivity contribution in [1.29, 1.82) is 0 Å². The second kappa shape index (κ2) is 10.7. The molecule has 0 radical (unpaired) electrons. The van der Waals surface area contributed by atoms with Crippen LogP contribution in [0.4, 0.5) is 59.7 Å². The third kappa shape index (κ3) is 6.89. The van der Waals surface area contributed by atoms with Crippen LogP contribution in [0.1, 0.15) is 29.2 Å². The summed E-state index contributed by atoms with van der Waals surface area (Å²) in [5.74, 6) is -3.50. The molecular weight excluding hydrogens is 565 g/mol. The molecule has 1 atom stereocenters. The Labute approximate surface area is 220 Å². The quantitative estimate of drug-likeness (QED) is 0.271. The summed E-state index contributed by atoms with van der Waals surface area (Å²) in [7, 11) is 0. The van der Waals surface area contributed by atoms with Crippen molar-refractivity contribution in [3.63, 3.8) is 0 Å². The van der Waals surface area contributed by atoms with Crippen LogP contribution in [0.25, 0.3) is 0 Å². The summed E-state index contributed by atoms with van der Waals surface area (Å²) in [5, 5.41) is 0. The van der Waals surface area contributed by atoms with E-state index in [4.69, 9.17) is 0 Å². The van der Waals surface area contributed by atoms with Crippen LogP contribution < -0.4 is 14.5 Å². The lowest BCUT2D eigenvalue weighted by Crippen LogP contribution is -2.45. The van der Waals surface area contributed by atoms with Crippen molar-refractivity contribution in [2.75, 3.05) is 22.9 Å². The number of anilines is 2. The largest absolute Gasteiger partial charge is 0.573 e. The van der Waals surface area contributed by atoms with Crippen molar-refractivity contribution in [2.24, 2.45) is 0 Å². The maximum Gasteiger partial charge on any atom is 0.573 e. The molecule has 0 amide bonds. The molecular formula is C26H19F11N2O. The number of hydrogen-bond acceptors (Lipinski definition) is 3. The van der Waals surface area contributed by atoms with E-state index in [0.717, 1.165) is 41.3 Å². The molecule has 0 saturated carbocycles. The van der Waals surface area contributed by atoms with Crippen LogP contribution in [0.5, 0.6) is 5.75 Å². The van der Waals surface area contributed by atoms with E-state index < -0.39 is 66.4 Å². The first-order valence-electron chi connectivity index (χ1n) is 11.6. The SMILES string of the molecule is Fc1ccc2c(c1F)N(CCC(F)(F)F)C(c1cccc(C(F)(F)F)c1)CN2Cc1cccc(OC(F)(F)F)c1. The zero-order chi connectivity index (χ0) is 29.5. The van der Waals surface area contributed by atoms with Gasteiger partial charge in [0.25, 0.3) is 0 Å². The second-order valence-electron chi connectivity index (χ2n) is 9.00. The van der Waals surface area contributed by atoms with E-state index >= 15 is 4.39 Å². The predicted molar refractivity (Wildman–Crippen MR) is 123 cm³/mol. The van der Waals surface area contributed by atoms with Crippen LogP contribution in [0.3, 0.4) is 0 Å². The van der Waals surface area contributed by atoms with Gasteiger partial charge in [-0.2, -0.15) is 26.3 Å². The highest BCUT2D eigenvalue weighted by molar-refractivity contribution is 5.75. The van der Waals surface area contributed by atoms with Crippen LogP contribution in [-0.2, 0) is 12.7 Å². The minimum absolute atomic E-state index is 0.0913. The van der Waals surface area contributed by atoms with Crippen molar-refractivity contribution in [3.8, 4) is 5.75 Å². The first-order valence-corrected chi connectivity index (χ1v) is 11.6. The van der Waals surface area contributed by atoms with E-state index in [1.165, 1.54) is 23.1 Å². The number of alkyl halides is 9. The number of halogens is 11. The molecule has 1 aliphatic heterocycles. The molecule has 0 saturated heterocycles. The lowest BCUT2D eigenvalue weighted by Gasteiger charge is -2.45. The predicted octanol–water partition coefficient (Wildman–Crippen LogP) is 8.40. The van der Waals surface area contributed by atoms with E-state index in [9.17, 15) is 43.9 Å². The number of fused-ring (bicyclic) bond motifs is 1. The Morgan fingerprint density at radius 2 is 1.52 bits per heavy atom. The Balaban J connectivity index is 1.81. The lowest BCUT2D eigenvalue weighted by molar-refractivity contribution is -0.274. The molecule has 1 heterocycles. The summed E-state index contributed by atoms with van der Waals surface area (Å²) in [4.78, 5) is 2.22. The lowest BCUT2D eigenvalue weighted by atomic mass is 9.96. The van der Waals surface area contributed by atoms with Crippen molar-refractivity contribution in [1.82, 2.24) is 0 Å². The number of rotatable bonds is 6. The highest BCUT2D eigenvalue weighted by Crippen LogP contribution is 2.45. The van der Waals surface area contributed by atoms with Gasteiger partial charge in [-0.25, -0.2) is 8.78 Å². The molecule has 3 aromatic carbocycles. The smallest absolute Gasteiger partial charge is 0.406 e. The van der Waals surface area contributed by atoms with Gasteiger partial charge in [-0.05, 0) is 47.5 Å². The fraction of sp³-hybridized carbons (Fsp3) is 0.308. The van der Waals surface area contributed by atoms with Crippen molar-refractivity contribution < 1.29 is 53.0 Å². The molecule has 14 heteroatoms. The first kappa shape index (κ1) is 29.3. The second-order valence-corrected chi connectivity index (χ2v) is 9.00. The molecule has 0 aromatic heterocycles. The number of benzene rings is 3. The summed E-state index contributed by atoms with van der Waals surface area (Å²) in [6, 6.07) is 8.94. The van der Waals surface area contributed by atoms with Gasteiger partial charge in [-0.1, -0.05) is 24.3 Å².